The van der Waals surface area contributed by atoms with E-state index in [2.05, 4.69) is 15.9 Å². The summed E-state index contributed by atoms with van der Waals surface area (Å²) in [5.41, 5.74) is 0.700. The molecule has 0 aliphatic heterocycles. The molecule has 1 aromatic rings. The van der Waals surface area contributed by atoms with Gasteiger partial charge in [-0.15, -0.1) is 0 Å². The summed E-state index contributed by atoms with van der Waals surface area (Å²) in [5, 5.41) is 8.83. The van der Waals surface area contributed by atoms with Gasteiger partial charge in [-0.1, -0.05) is 35.0 Å². The number of benzene rings is 1. The molecule has 0 radical (unpaired) electrons. The monoisotopic (exact) mass is 285 g/mol. The molecule has 16 heavy (non-hydrogen) atoms. The highest BCUT2D eigenvalue weighted by molar-refractivity contribution is 9.10. The topological polar surface area (TPSA) is 40.5 Å². The maximum atomic E-state index is 11.9. The van der Waals surface area contributed by atoms with Crippen molar-refractivity contribution < 1.29 is 9.90 Å². The summed E-state index contributed by atoms with van der Waals surface area (Å²) >= 11 is 3.34. The minimum atomic E-state index is 0.0802. The fraction of sp³-hybridized carbons (Fsp3) is 0.417. The lowest BCUT2D eigenvalue weighted by Gasteiger charge is -2.17. The Bertz CT molecular complexity index is 355. The third-order valence-electron chi connectivity index (χ3n) is 2.38. The lowest BCUT2D eigenvalue weighted by atomic mass is 10.1. The van der Waals surface area contributed by atoms with Crippen LogP contribution in [0.2, 0.25) is 0 Å². The zero-order chi connectivity index (χ0) is 12.0. The summed E-state index contributed by atoms with van der Waals surface area (Å²) in [7, 11) is 0. The summed E-state index contributed by atoms with van der Waals surface area (Å²) in [5.74, 6) is 0.0802. The van der Waals surface area contributed by atoms with Crippen molar-refractivity contribution in [2.75, 3.05) is 26.2 Å². The largest absolute Gasteiger partial charge is 0.395 e. The van der Waals surface area contributed by atoms with Crippen molar-refractivity contribution in [3.63, 3.8) is 0 Å². The minimum absolute atomic E-state index is 0.0802. The zero-order valence-corrected chi connectivity index (χ0v) is 10.9. The van der Waals surface area contributed by atoms with Gasteiger partial charge in [0.2, 0.25) is 0 Å². The standard InChI is InChI=1S/C12H16BrNO2/c1-2-14(6-7-15)9-12(16)10-4-3-5-11(13)8-10/h3-5,8,15H,2,6-7,9H2,1H3. The first-order valence-electron chi connectivity index (χ1n) is 5.29. The second kappa shape index (κ2) is 6.78. The van der Waals surface area contributed by atoms with Crippen molar-refractivity contribution in [1.82, 2.24) is 4.90 Å². The normalized spacial score (nSPS) is 10.8. The van der Waals surface area contributed by atoms with Gasteiger partial charge in [-0.2, -0.15) is 0 Å². The molecule has 1 rings (SSSR count). The summed E-state index contributed by atoms with van der Waals surface area (Å²) < 4.78 is 0.906. The molecule has 0 aromatic heterocycles. The Morgan fingerprint density at radius 1 is 1.50 bits per heavy atom. The number of hydrogen-bond acceptors (Lipinski definition) is 3. The summed E-state index contributed by atoms with van der Waals surface area (Å²) in [6.45, 7) is 3.72. The Kier molecular flexibility index (Phi) is 5.66. The average molecular weight is 286 g/mol. The van der Waals surface area contributed by atoms with Gasteiger partial charge in [-0.3, -0.25) is 9.69 Å². The Hall–Kier alpha value is -0.710. The number of ketones is 1. The summed E-state index contributed by atoms with van der Waals surface area (Å²) in [6, 6.07) is 7.36. The predicted molar refractivity (Wildman–Crippen MR) is 67.7 cm³/mol. The molecule has 0 heterocycles. The van der Waals surface area contributed by atoms with Gasteiger partial charge in [-0.25, -0.2) is 0 Å². The lowest BCUT2D eigenvalue weighted by molar-refractivity contribution is 0.0919. The van der Waals surface area contributed by atoms with E-state index < -0.39 is 0 Å². The first-order valence-corrected chi connectivity index (χ1v) is 6.08. The molecule has 0 aliphatic rings. The van der Waals surface area contributed by atoms with Gasteiger partial charge in [-0.05, 0) is 18.7 Å². The van der Waals surface area contributed by atoms with Crippen molar-refractivity contribution >= 4 is 21.7 Å². The molecule has 1 aromatic carbocycles. The Morgan fingerprint density at radius 3 is 2.81 bits per heavy atom. The fourth-order valence-electron chi connectivity index (χ4n) is 1.45. The highest BCUT2D eigenvalue weighted by atomic mass is 79.9. The van der Waals surface area contributed by atoms with Crippen molar-refractivity contribution in [3.8, 4) is 0 Å². The summed E-state index contributed by atoms with van der Waals surface area (Å²) in [6.07, 6.45) is 0. The molecule has 0 aliphatic carbocycles. The van der Waals surface area contributed by atoms with Gasteiger partial charge in [0.25, 0.3) is 0 Å². The molecule has 0 fully saturated rings. The first kappa shape index (κ1) is 13.4. The van der Waals surface area contributed by atoms with Crippen LogP contribution in [0.15, 0.2) is 28.7 Å². The van der Waals surface area contributed by atoms with Crippen molar-refractivity contribution in [3.05, 3.63) is 34.3 Å². The van der Waals surface area contributed by atoms with E-state index in [0.29, 0.717) is 18.7 Å². The minimum Gasteiger partial charge on any atom is -0.395 e. The smallest absolute Gasteiger partial charge is 0.176 e. The van der Waals surface area contributed by atoms with Gasteiger partial charge >= 0.3 is 0 Å². The van der Waals surface area contributed by atoms with Crippen LogP contribution >= 0.6 is 15.9 Å². The molecule has 88 valence electrons. The van der Waals surface area contributed by atoms with Crippen LogP contribution in [0.4, 0.5) is 0 Å². The van der Waals surface area contributed by atoms with Crippen molar-refractivity contribution in [2.45, 2.75) is 6.92 Å². The number of aliphatic hydroxyl groups excluding tert-OH is 1. The average Bonchev–Trinajstić information content (AvgIpc) is 2.28. The fourth-order valence-corrected chi connectivity index (χ4v) is 1.85. The van der Waals surface area contributed by atoms with Crippen LogP contribution in [0.25, 0.3) is 0 Å². The second-order valence-corrected chi connectivity index (χ2v) is 4.44. The number of likely N-dealkylation sites (N-methyl/N-ethyl adjacent to an activating group) is 1. The molecule has 0 unspecified atom stereocenters. The molecule has 0 saturated carbocycles. The number of Topliss-reactive ketones (excluding diaryl/α,β-unsaturated/α-hetero) is 1. The quantitative estimate of drug-likeness (QED) is 0.813. The number of carbonyl (C=O) groups is 1. The number of rotatable bonds is 6. The van der Waals surface area contributed by atoms with Gasteiger partial charge < -0.3 is 5.11 Å². The number of nitrogens with zero attached hydrogens (tertiary/aromatic N) is 1. The lowest BCUT2D eigenvalue weighted by Crippen LogP contribution is -2.32. The Balaban J connectivity index is 2.64. The van der Waals surface area contributed by atoms with Crippen LogP contribution in [0.5, 0.6) is 0 Å². The van der Waals surface area contributed by atoms with Gasteiger partial charge in [0.15, 0.2) is 5.78 Å². The van der Waals surface area contributed by atoms with E-state index in [1.807, 2.05) is 30.0 Å². The molecule has 0 spiro atoms. The van der Waals surface area contributed by atoms with E-state index in [1.165, 1.54) is 0 Å². The molecule has 0 atom stereocenters. The zero-order valence-electron chi connectivity index (χ0n) is 9.32. The van der Waals surface area contributed by atoms with Crippen LogP contribution in [0, 0.1) is 0 Å². The maximum Gasteiger partial charge on any atom is 0.176 e. The van der Waals surface area contributed by atoms with Gasteiger partial charge in [0, 0.05) is 16.6 Å². The van der Waals surface area contributed by atoms with Crippen LogP contribution in [-0.4, -0.2) is 42.0 Å². The maximum absolute atomic E-state index is 11.9. The molecule has 3 nitrogen and oxygen atoms in total. The SMILES string of the molecule is CCN(CCO)CC(=O)c1cccc(Br)c1. The Labute approximate surface area is 104 Å². The van der Waals surface area contributed by atoms with Crippen molar-refractivity contribution in [1.29, 1.82) is 0 Å². The number of halogens is 1. The van der Waals surface area contributed by atoms with Gasteiger partial charge in [0.1, 0.15) is 0 Å². The molecule has 0 bridgehead atoms. The van der Waals surface area contributed by atoms with Gasteiger partial charge in [0.05, 0.1) is 13.2 Å². The van der Waals surface area contributed by atoms with E-state index in [-0.39, 0.29) is 12.4 Å². The highest BCUT2D eigenvalue weighted by Gasteiger charge is 2.10. The van der Waals surface area contributed by atoms with Crippen molar-refractivity contribution in [2.24, 2.45) is 0 Å². The highest BCUT2D eigenvalue weighted by Crippen LogP contribution is 2.12. The molecule has 1 N–H and O–H groups in total. The molecular formula is C12H16BrNO2. The van der Waals surface area contributed by atoms with E-state index in [0.717, 1.165) is 11.0 Å². The second-order valence-electron chi connectivity index (χ2n) is 3.53. The summed E-state index contributed by atoms with van der Waals surface area (Å²) in [4.78, 5) is 13.8. The van der Waals surface area contributed by atoms with E-state index in [1.54, 1.807) is 6.07 Å². The Morgan fingerprint density at radius 2 is 2.25 bits per heavy atom. The molecule has 0 amide bonds. The van der Waals surface area contributed by atoms with Crippen LogP contribution in [-0.2, 0) is 0 Å². The number of aliphatic hydroxyl groups is 1. The van der Waals surface area contributed by atoms with Crippen LogP contribution < -0.4 is 0 Å². The predicted octanol–water partition coefficient (Wildman–Crippen LogP) is 1.95. The van der Waals surface area contributed by atoms with Crippen LogP contribution in [0.3, 0.4) is 0 Å². The molecule has 4 heteroatoms. The number of carbonyl (C=O) groups excluding carboxylic acids is 1. The van der Waals surface area contributed by atoms with E-state index in [4.69, 9.17) is 5.11 Å². The third-order valence-corrected chi connectivity index (χ3v) is 2.87. The van der Waals surface area contributed by atoms with Crippen LogP contribution in [0.1, 0.15) is 17.3 Å². The number of hydrogen-bond donors (Lipinski definition) is 1. The molecular weight excluding hydrogens is 270 g/mol. The first-order chi connectivity index (χ1) is 7.67. The molecule has 0 saturated heterocycles. The van der Waals surface area contributed by atoms with E-state index >= 15 is 0 Å². The van der Waals surface area contributed by atoms with E-state index in [9.17, 15) is 4.79 Å². The third kappa shape index (κ3) is 4.04.